The second-order valence-corrected chi connectivity index (χ2v) is 5.65. The van der Waals surface area contributed by atoms with E-state index in [-0.39, 0.29) is 11.9 Å². The summed E-state index contributed by atoms with van der Waals surface area (Å²) in [5.41, 5.74) is 7.60. The number of rotatable bonds is 3. The predicted octanol–water partition coefficient (Wildman–Crippen LogP) is 3.86. The smallest absolute Gasteiger partial charge is 0.130 e. The average molecular weight is 264 g/mol. The summed E-state index contributed by atoms with van der Waals surface area (Å²) in [4.78, 5) is 2.32. The van der Waals surface area contributed by atoms with Gasteiger partial charge < -0.3 is 10.6 Å². The van der Waals surface area contributed by atoms with E-state index in [1.54, 1.807) is 6.07 Å². The number of hydrogen-bond acceptors (Lipinski definition) is 2. The molecule has 2 nitrogen and oxygen atoms in total. The van der Waals surface area contributed by atoms with Gasteiger partial charge in [-0.3, -0.25) is 0 Å². The first-order chi connectivity index (χ1) is 9.13. The van der Waals surface area contributed by atoms with Gasteiger partial charge in [0, 0.05) is 30.4 Å². The third-order valence-electron chi connectivity index (χ3n) is 4.25. The molecule has 2 rings (SSSR count). The van der Waals surface area contributed by atoms with Crippen LogP contribution in [-0.4, -0.2) is 13.1 Å². The zero-order chi connectivity index (χ0) is 13.8. The summed E-state index contributed by atoms with van der Waals surface area (Å²) in [6.45, 7) is 6.14. The van der Waals surface area contributed by atoms with E-state index < -0.39 is 0 Å². The zero-order valence-electron chi connectivity index (χ0n) is 12.0. The fourth-order valence-corrected chi connectivity index (χ4v) is 3.07. The number of anilines is 1. The van der Waals surface area contributed by atoms with Crippen LogP contribution < -0.4 is 10.6 Å². The normalized spacial score (nSPS) is 22.1. The second kappa shape index (κ2) is 6.38. The Balaban J connectivity index is 2.24. The molecule has 0 spiro atoms. The topological polar surface area (TPSA) is 29.3 Å². The van der Waals surface area contributed by atoms with Gasteiger partial charge in [0.25, 0.3) is 0 Å². The van der Waals surface area contributed by atoms with Crippen LogP contribution in [0.1, 0.15) is 51.1 Å². The minimum atomic E-state index is -0.263. The summed E-state index contributed by atoms with van der Waals surface area (Å²) in [6.07, 6.45) is 4.92. The van der Waals surface area contributed by atoms with E-state index in [1.807, 2.05) is 13.0 Å². The molecule has 1 heterocycles. The molecular weight excluding hydrogens is 239 g/mol. The first-order valence-electron chi connectivity index (χ1n) is 7.42. The molecule has 1 aliphatic rings. The third kappa shape index (κ3) is 3.27. The number of hydrogen-bond donors (Lipinski definition) is 1. The van der Waals surface area contributed by atoms with Gasteiger partial charge in [0.05, 0.1) is 0 Å². The molecule has 0 bridgehead atoms. The third-order valence-corrected chi connectivity index (χ3v) is 4.25. The molecule has 1 aromatic carbocycles. The zero-order valence-corrected chi connectivity index (χ0v) is 12.0. The highest BCUT2D eigenvalue weighted by Crippen LogP contribution is 2.31. The highest BCUT2D eigenvalue weighted by atomic mass is 19.1. The highest BCUT2D eigenvalue weighted by molar-refractivity contribution is 5.55. The van der Waals surface area contributed by atoms with Crippen LogP contribution in [0.5, 0.6) is 0 Å². The van der Waals surface area contributed by atoms with Gasteiger partial charge in [-0.15, -0.1) is 0 Å². The van der Waals surface area contributed by atoms with Crippen LogP contribution in [0, 0.1) is 11.7 Å². The molecule has 1 fully saturated rings. The van der Waals surface area contributed by atoms with E-state index >= 15 is 0 Å². The second-order valence-electron chi connectivity index (χ2n) is 5.65. The van der Waals surface area contributed by atoms with E-state index in [0.717, 1.165) is 24.7 Å². The molecule has 3 heteroatoms. The van der Waals surface area contributed by atoms with Gasteiger partial charge in [0.1, 0.15) is 5.82 Å². The van der Waals surface area contributed by atoms with Crippen molar-refractivity contribution in [3.8, 4) is 0 Å². The largest absolute Gasteiger partial charge is 0.371 e. The van der Waals surface area contributed by atoms with Crippen molar-refractivity contribution in [1.82, 2.24) is 0 Å². The van der Waals surface area contributed by atoms with Gasteiger partial charge in [0.2, 0.25) is 0 Å². The van der Waals surface area contributed by atoms with Crippen LogP contribution in [0.15, 0.2) is 18.2 Å². The maximum Gasteiger partial charge on any atom is 0.130 e. The molecule has 2 atom stereocenters. The Morgan fingerprint density at radius 2 is 2.16 bits per heavy atom. The van der Waals surface area contributed by atoms with Crippen molar-refractivity contribution < 1.29 is 4.39 Å². The first kappa shape index (κ1) is 14.3. The molecule has 0 amide bonds. The fraction of sp³-hybridized carbons (Fsp3) is 0.625. The van der Waals surface area contributed by atoms with Gasteiger partial charge in [0.15, 0.2) is 0 Å². The number of nitrogens with zero attached hydrogens (tertiary/aromatic N) is 1. The molecule has 1 unspecified atom stereocenters. The SMILES string of the molecule is CCC1CCCN(c2cccc(F)c2[C@@H](C)N)CC1. The molecule has 1 aromatic rings. The van der Waals surface area contributed by atoms with Crippen molar-refractivity contribution >= 4 is 5.69 Å². The quantitative estimate of drug-likeness (QED) is 0.898. The average Bonchev–Trinajstić information content (AvgIpc) is 2.63. The Hall–Kier alpha value is -1.09. The molecule has 106 valence electrons. The van der Waals surface area contributed by atoms with Gasteiger partial charge in [-0.25, -0.2) is 4.39 Å². The molecule has 1 saturated heterocycles. The first-order valence-corrected chi connectivity index (χ1v) is 7.42. The molecule has 0 radical (unpaired) electrons. The van der Waals surface area contributed by atoms with Gasteiger partial charge in [-0.1, -0.05) is 19.4 Å². The monoisotopic (exact) mass is 264 g/mol. The summed E-state index contributed by atoms with van der Waals surface area (Å²) in [7, 11) is 0. The van der Waals surface area contributed by atoms with E-state index in [4.69, 9.17) is 5.73 Å². The molecule has 0 aromatic heterocycles. The van der Waals surface area contributed by atoms with E-state index in [1.165, 1.54) is 31.7 Å². The summed E-state index contributed by atoms with van der Waals surface area (Å²) >= 11 is 0. The Kier molecular flexibility index (Phi) is 4.81. The number of halogens is 1. The maximum atomic E-state index is 14.0. The van der Waals surface area contributed by atoms with Crippen molar-refractivity contribution in [3.63, 3.8) is 0 Å². The Bertz CT molecular complexity index is 417. The summed E-state index contributed by atoms with van der Waals surface area (Å²) < 4.78 is 14.0. The lowest BCUT2D eigenvalue weighted by atomic mass is 9.98. The van der Waals surface area contributed by atoms with Crippen LogP contribution >= 0.6 is 0 Å². The number of benzene rings is 1. The van der Waals surface area contributed by atoms with Crippen molar-refractivity contribution in [2.24, 2.45) is 11.7 Å². The van der Waals surface area contributed by atoms with Gasteiger partial charge >= 0.3 is 0 Å². The molecule has 2 N–H and O–H groups in total. The van der Waals surface area contributed by atoms with Crippen LogP contribution in [0.25, 0.3) is 0 Å². The lowest BCUT2D eigenvalue weighted by Gasteiger charge is -2.27. The molecule has 1 aliphatic heterocycles. The van der Waals surface area contributed by atoms with Crippen molar-refractivity contribution in [2.45, 2.75) is 45.6 Å². The lowest BCUT2D eigenvalue weighted by Crippen LogP contribution is -2.27. The van der Waals surface area contributed by atoms with Gasteiger partial charge in [-0.05, 0) is 44.2 Å². The molecule has 0 aliphatic carbocycles. The Morgan fingerprint density at radius 1 is 1.37 bits per heavy atom. The van der Waals surface area contributed by atoms with Crippen LogP contribution in [0.4, 0.5) is 10.1 Å². The summed E-state index contributed by atoms with van der Waals surface area (Å²) in [5, 5.41) is 0. The fourth-order valence-electron chi connectivity index (χ4n) is 3.07. The lowest BCUT2D eigenvalue weighted by molar-refractivity contribution is 0.459. The van der Waals surface area contributed by atoms with Crippen LogP contribution in [0.3, 0.4) is 0 Å². The van der Waals surface area contributed by atoms with E-state index in [2.05, 4.69) is 11.8 Å². The van der Waals surface area contributed by atoms with Crippen LogP contribution in [0.2, 0.25) is 0 Å². The van der Waals surface area contributed by atoms with Crippen molar-refractivity contribution in [3.05, 3.63) is 29.6 Å². The van der Waals surface area contributed by atoms with Crippen molar-refractivity contribution in [1.29, 1.82) is 0 Å². The van der Waals surface area contributed by atoms with Crippen LogP contribution in [-0.2, 0) is 0 Å². The molecular formula is C16H25FN2. The standard InChI is InChI=1S/C16H25FN2/c1-3-13-6-5-10-19(11-9-13)15-8-4-7-14(17)16(15)12(2)18/h4,7-8,12-13H,3,5-6,9-11,18H2,1-2H3/t12-,13?/m1/s1. The summed E-state index contributed by atoms with van der Waals surface area (Å²) in [6, 6.07) is 5.04. The van der Waals surface area contributed by atoms with Crippen molar-refractivity contribution in [2.75, 3.05) is 18.0 Å². The minimum absolute atomic E-state index is 0.177. The minimum Gasteiger partial charge on any atom is -0.371 e. The molecule has 0 saturated carbocycles. The maximum absolute atomic E-state index is 14.0. The van der Waals surface area contributed by atoms with Gasteiger partial charge in [-0.2, -0.15) is 0 Å². The van der Waals surface area contributed by atoms with E-state index in [0.29, 0.717) is 5.56 Å². The Morgan fingerprint density at radius 3 is 2.84 bits per heavy atom. The Labute approximate surface area is 115 Å². The van der Waals surface area contributed by atoms with E-state index in [9.17, 15) is 4.39 Å². The predicted molar refractivity (Wildman–Crippen MR) is 78.8 cm³/mol. The summed E-state index contributed by atoms with van der Waals surface area (Å²) in [5.74, 6) is 0.640. The number of nitrogens with two attached hydrogens (primary N) is 1. The highest BCUT2D eigenvalue weighted by Gasteiger charge is 2.20. The molecule has 19 heavy (non-hydrogen) atoms.